The van der Waals surface area contributed by atoms with Gasteiger partial charge in [-0.1, -0.05) is 0 Å². The summed E-state index contributed by atoms with van der Waals surface area (Å²) in [4.78, 5) is 50.7. The summed E-state index contributed by atoms with van der Waals surface area (Å²) < 4.78 is 4.57. The van der Waals surface area contributed by atoms with Gasteiger partial charge in [0.1, 0.15) is 12.1 Å². The molecule has 1 fully saturated rings. The number of piperazine rings is 1. The van der Waals surface area contributed by atoms with E-state index in [1.54, 1.807) is 0 Å². The molecule has 1 saturated heterocycles. The third-order valence-corrected chi connectivity index (χ3v) is 3.70. The van der Waals surface area contributed by atoms with E-state index >= 15 is 0 Å². The first kappa shape index (κ1) is 19.7. The number of hydrogen-bond acceptors (Lipinski definition) is 5. The molecule has 4 amide bonds. The highest BCUT2D eigenvalue weighted by atomic mass is 16.5. The normalized spacial score (nSPS) is 18.8. The maximum atomic E-state index is 12.5. The van der Waals surface area contributed by atoms with Crippen molar-refractivity contribution in [2.24, 2.45) is 0 Å². The molecule has 0 saturated carbocycles. The van der Waals surface area contributed by atoms with Crippen molar-refractivity contribution in [3.8, 4) is 0 Å². The molecule has 0 aliphatic carbocycles. The maximum absolute atomic E-state index is 12.5. The molecule has 0 aromatic heterocycles. The van der Waals surface area contributed by atoms with E-state index in [2.05, 4.69) is 15.4 Å². The molecule has 2 N–H and O–H groups in total. The Balaban J connectivity index is 2.83. The zero-order chi connectivity index (χ0) is 18.4. The van der Waals surface area contributed by atoms with Gasteiger partial charge in [-0.25, -0.2) is 9.59 Å². The minimum absolute atomic E-state index is 0.0324. The molecule has 0 spiro atoms. The number of carbonyl (C=O) groups is 4. The molecule has 2 atom stereocenters. The van der Waals surface area contributed by atoms with Crippen LogP contribution >= 0.6 is 0 Å². The fourth-order valence-corrected chi connectivity index (χ4v) is 2.45. The highest BCUT2D eigenvalue weighted by Gasteiger charge is 2.36. The number of nitrogens with zero attached hydrogens (tertiary/aromatic N) is 2. The predicted molar refractivity (Wildman–Crippen MR) is 86.0 cm³/mol. The third kappa shape index (κ3) is 5.10. The zero-order valence-electron chi connectivity index (χ0n) is 14.8. The van der Waals surface area contributed by atoms with Gasteiger partial charge in [0.25, 0.3) is 0 Å². The summed E-state index contributed by atoms with van der Waals surface area (Å²) in [6, 6.07) is -2.00. The van der Waals surface area contributed by atoms with Crippen LogP contribution in [0.5, 0.6) is 0 Å². The first-order valence-electron chi connectivity index (χ1n) is 7.88. The number of amides is 4. The second-order valence-electron chi connectivity index (χ2n) is 6.03. The van der Waals surface area contributed by atoms with E-state index in [-0.39, 0.29) is 31.1 Å². The molecule has 24 heavy (non-hydrogen) atoms. The van der Waals surface area contributed by atoms with E-state index in [0.717, 1.165) is 0 Å². The lowest BCUT2D eigenvalue weighted by Crippen LogP contribution is -2.63. The van der Waals surface area contributed by atoms with Gasteiger partial charge in [0.2, 0.25) is 11.8 Å². The maximum Gasteiger partial charge on any atom is 0.328 e. The van der Waals surface area contributed by atoms with Gasteiger partial charge in [0.15, 0.2) is 0 Å². The van der Waals surface area contributed by atoms with Crippen molar-refractivity contribution < 1.29 is 23.9 Å². The Morgan fingerprint density at radius 1 is 1.08 bits per heavy atom. The minimum Gasteiger partial charge on any atom is -0.467 e. The number of rotatable bonds is 4. The average Bonchev–Trinajstić information content (AvgIpc) is 2.52. The number of nitrogens with one attached hydrogen (secondary N) is 2. The topological polar surface area (TPSA) is 108 Å². The Labute approximate surface area is 141 Å². The minimum atomic E-state index is -0.846. The Morgan fingerprint density at radius 3 is 2.21 bits per heavy atom. The third-order valence-electron chi connectivity index (χ3n) is 3.70. The Morgan fingerprint density at radius 2 is 1.71 bits per heavy atom. The van der Waals surface area contributed by atoms with Gasteiger partial charge in [-0.3, -0.25) is 9.59 Å². The van der Waals surface area contributed by atoms with Crippen molar-refractivity contribution in [2.75, 3.05) is 26.7 Å². The van der Waals surface area contributed by atoms with E-state index in [1.165, 1.54) is 30.8 Å². The van der Waals surface area contributed by atoms with Crippen LogP contribution in [-0.4, -0.2) is 78.5 Å². The summed E-state index contributed by atoms with van der Waals surface area (Å²) in [5, 5.41) is 5.28. The van der Waals surface area contributed by atoms with Gasteiger partial charge in [-0.05, 0) is 20.8 Å². The lowest BCUT2D eigenvalue weighted by Gasteiger charge is -2.40. The summed E-state index contributed by atoms with van der Waals surface area (Å²) in [5.41, 5.74) is 0. The van der Waals surface area contributed by atoms with Crippen LogP contribution in [0.1, 0.15) is 27.7 Å². The first-order valence-corrected chi connectivity index (χ1v) is 7.88. The Bertz CT molecular complexity index is 508. The van der Waals surface area contributed by atoms with Crippen LogP contribution in [0.25, 0.3) is 0 Å². The SMILES string of the molecule is COC(=O)C(C)NC(=O)C1CN(C(=O)NC(C)C)CCN1C(C)=O. The molecule has 1 aliphatic heterocycles. The number of urea groups is 1. The average molecular weight is 342 g/mol. The number of esters is 1. The molecular formula is C15H26N4O5. The number of ether oxygens (including phenoxy) is 1. The smallest absolute Gasteiger partial charge is 0.328 e. The Kier molecular flexibility index (Phi) is 6.99. The van der Waals surface area contributed by atoms with Crippen molar-refractivity contribution in [3.63, 3.8) is 0 Å². The van der Waals surface area contributed by atoms with Crippen LogP contribution < -0.4 is 10.6 Å². The fourth-order valence-electron chi connectivity index (χ4n) is 2.45. The Hall–Kier alpha value is -2.32. The van der Waals surface area contributed by atoms with E-state index in [4.69, 9.17) is 0 Å². The standard InChI is InChI=1S/C15H26N4O5/c1-9(2)16-15(23)18-6-7-19(11(4)20)12(8-18)13(21)17-10(3)14(22)24-5/h9-10,12H,6-8H2,1-5H3,(H,16,23)(H,17,21). The van der Waals surface area contributed by atoms with Crippen molar-refractivity contribution in [1.29, 1.82) is 0 Å². The quantitative estimate of drug-likeness (QED) is 0.658. The van der Waals surface area contributed by atoms with Gasteiger partial charge in [-0.15, -0.1) is 0 Å². The highest BCUT2D eigenvalue weighted by molar-refractivity contribution is 5.91. The molecule has 2 unspecified atom stereocenters. The molecule has 0 aromatic carbocycles. The second-order valence-corrected chi connectivity index (χ2v) is 6.03. The summed E-state index contributed by atoms with van der Waals surface area (Å²) >= 11 is 0. The fraction of sp³-hybridized carbons (Fsp3) is 0.733. The van der Waals surface area contributed by atoms with Crippen LogP contribution in [0.4, 0.5) is 4.79 Å². The van der Waals surface area contributed by atoms with Gasteiger partial charge in [0, 0.05) is 26.1 Å². The van der Waals surface area contributed by atoms with E-state index in [1.807, 2.05) is 13.8 Å². The lowest BCUT2D eigenvalue weighted by atomic mass is 10.1. The van der Waals surface area contributed by atoms with Gasteiger partial charge >= 0.3 is 12.0 Å². The van der Waals surface area contributed by atoms with Crippen LogP contribution in [0, 0.1) is 0 Å². The first-order chi connectivity index (χ1) is 11.2. The molecule has 1 aliphatic rings. The van der Waals surface area contributed by atoms with Crippen LogP contribution in [0.3, 0.4) is 0 Å². The number of methoxy groups -OCH3 is 1. The monoisotopic (exact) mass is 342 g/mol. The lowest BCUT2D eigenvalue weighted by molar-refractivity contribution is -0.147. The van der Waals surface area contributed by atoms with Crippen LogP contribution in [-0.2, 0) is 19.1 Å². The van der Waals surface area contributed by atoms with Crippen molar-refractivity contribution >= 4 is 23.8 Å². The predicted octanol–water partition coefficient (Wildman–Crippen LogP) is -0.685. The molecule has 0 aromatic rings. The molecule has 1 heterocycles. The van der Waals surface area contributed by atoms with Crippen LogP contribution in [0.15, 0.2) is 0 Å². The van der Waals surface area contributed by atoms with Gasteiger partial charge in [0.05, 0.1) is 13.7 Å². The molecule has 0 radical (unpaired) electrons. The van der Waals surface area contributed by atoms with E-state index in [9.17, 15) is 19.2 Å². The molecule has 9 nitrogen and oxygen atoms in total. The molecule has 136 valence electrons. The molecule has 0 bridgehead atoms. The molecule has 9 heteroatoms. The van der Waals surface area contributed by atoms with Crippen molar-refractivity contribution in [3.05, 3.63) is 0 Å². The summed E-state index contributed by atoms with van der Waals surface area (Å²) in [6.07, 6.45) is 0. The van der Waals surface area contributed by atoms with Crippen molar-refractivity contribution in [2.45, 2.75) is 45.8 Å². The van der Waals surface area contributed by atoms with Gasteiger partial charge in [-0.2, -0.15) is 0 Å². The van der Waals surface area contributed by atoms with E-state index < -0.39 is 24.0 Å². The molecule has 1 rings (SSSR count). The number of hydrogen-bond donors (Lipinski definition) is 2. The number of carbonyl (C=O) groups excluding carboxylic acids is 4. The van der Waals surface area contributed by atoms with E-state index in [0.29, 0.717) is 6.54 Å². The zero-order valence-corrected chi connectivity index (χ0v) is 14.8. The summed E-state index contributed by atoms with van der Waals surface area (Å²) in [6.45, 7) is 7.21. The highest BCUT2D eigenvalue weighted by Crippen LogP contribution is 2.11. The van der Waals surface area contributed by atoms with Crippen LogP contribution in [0.2, 0.25) is 0 Å². The second kappa shape index (κ2) is 8.51. The summed E-state index contributed by atoms with van der Waals surface area (Å²) in [7, 11) is 1.23. The summed E-state index contributed by atoms with van der Waals surface area (Å²) in [5.74, 6) is -1.34. The van der Waals surface area contributed by atoms with Crippen molar-refractivity contribution in [1.82, 2.24) is 20.4 Å². The van der Waals surface area contributed by atoms with Gasteiger partial charge < -0.3 is 25.2 Å². The largest absolute Gasteiger partial charge is 0.467 e. The molecular weight excluding hydrogens is 316 g/mol.